The molecule has 0 radical (unpaired) electrons. The lowest BCUT2D eigenvalue weighted by molar-refractivity contribution is -0.153. The van der Waals surface area contributed by atoms with Gasteiger partial charge in [-0.1, -0.05) is 0 Å². The lowest BCUT2D eigenvalue weighted by Crippen LogP contribution is -2.23. The number of esters is 1. The van der Waals surface area contributed by atoms with Crippen LogP contribution < -0.4 is 0 Å². The number of rotatable bonds is 4. The van der Waals surface area contributed by atoms with E-state index < -0.39 is 11.3 Å². The molecule has 0 saturated carbocycles. The number of carbonyl (C=O) groups excluding carboxylic acids is 1. The van der Waals surface area contributed by atoms with Crippen LogP contribution >= 0.6 is 0 Å². The van der Waals surface area contributed by atoms with Gasteiger partial charge < -0.3 is 4.74 Å². The van der Waals surface area contributed by atoms with Crippen molar-refractivity contribution in [3.63, 3.8) is 0 Å². The molecule has 2 nitrogen and oxygen atoms in total. The van der Waals surface area contributed by atoms with E-state index in [0.717, 1.165) is 6.92 Å². The molecule has 0 aliphatic rings. The highest BCUT2D eigenvalue weighted by Crippen LogP contribution is 2.19. The molecular weight excluding hydrogens is 190 g/mol. The summed E-state index contributed by atoms with van der Waals surface area (Å²) >= 11 is 0. The highest BCUT2D eigenvalue weighted by molar-refractivity contribution is 5.75. The third-order valence-electron chi connectivity index (χ3n) is 1.61. The van der Waals surface area contributed by atoms with E-state index in [1.807, 2.05) is 0 Å². The van der Waals surface area contributed by atoms with Gasteiger partial charge in [0.25, 0.3) is 0 Å². The first-order valence-electron chi connectivity index (χ1n) is 4.68. The molecule has 0 rings (SSSR count). The van der Waals surface area contributed by atoms with Crippen LogP contribution in [0.5, 0.6) is 0 Å². The Morgan fingerprint density at radius 1 is 1.21 bits per heavy atom. The molecule has 0 amide bonds. The zero-order chi connectivity index (χ0) is 11.4. The van der Waals surface area contributed by atoms with Gasteiger partial charge in [-0.15, -0.1) is 0 Å². The highest BCUT2D eigenvalue weighted by Gasteiger charge is 2.24. The number of halogens is 2. The van der Waals surface area contributed by atoms with E-state index in [1.165, 1.54) is 0 Å². The maximum Gasteiger partial charge on any atom is 0.311 e. The summed E-state index contributed by atoms with van der Waals surface area (Å²) in [5.74, 6) is -3.02. The normalized spacial score (nSPS) is 12.7. The van der Waals surface area contributed by atoms with Crippen LogP contribution in [0.1, 0.15) is 40.5 Å². The number of ether oxygens (including phenoxy) is 1. The van der Waals surface area contributed by atoms with E-state index in [1.54, 1.807) is 20.8 Å². The molecule has 0 aliphatic heterocycles. The molecule has 0 atom stereocenters. The van der Waals surface area contributed by atoms with Gasteiger partial charge in [-0.05, 0) is 34.1 Å². The molecule has 0 aromatic rings. The Labute approximate surface area is 83.6 Å². The van der Waals surface area contributed by atoms with Crippen molar-refractivity contribution in [1.82, 2.24) is 0 Å². The van der Waals surface area contributed by atoms with Crippen molar-refractivity contribution < 1.29 is 18.3 Å². The monoisotopic (exact) mass is 208 g/mol. The van der Waals surface area contributed by atoms with Crippen molar-refractivity contribution in [2.75, 3.05) is 6.61 Å². The fraction of sp³-hybridized carbons (Fsp3) is 0.900. The van der Waals surface area contributed by atoms with Crippen molar-refractivity contribution in [2.24, 2.45) is 5.41 Å². The third-order valence-corrected chi connectivity index (χ3v) is 1.61. The van der Waals surface area contributed by atoms with Gasteiger partial charge in [-0.3, -0.25) is 4.79 Å². The van der Waals surface area contributed by atoms with Crippen LogP contribution in [-0.4, -0.2) is 18.5 Å². The molecular formula is C10H18F2O2. The average molecular weight is 208 g/mol. The molecule has 0 aromatic heterocycles. The summed E-state index contributed by atoms with van der Waals surface area (Å²) in [6, 6.07) is 0. The molecule has 0 spiro atoms. The SMILES string of the molecule is CC(F)(F)CCCOC(=O)C(C)(C)C. The van der Waals surface area contributed by atoms with E-state index in [4.69, 9.17) is 4.74 Å². The molecule has 0 heterocycles. The maximum atomic E-state index is 12.3. The number of alkyl halides is 2. The molecule has 0 aromatic carbocycles. The van der Waals surface area contributed by atoms with Gasteiger partial charge in [0.1, 0.15) is 0 Å². The average Bonchev–Trinajstić information content (AvgIpc) is 1.93. The lowest BCUT2D eigenvalue weighted by atomic mass is 9.97. The maximum absolute atomic E-state index is 12.3. The second-order valence-electron chi connectivity index (χ2n) is 4.56. The summed E-state index contributed by atoms with van der Waals surface area (Å²) in [5, 5.41) is 0. The Morgan fingerprint density at radius 3 is 2.07 bits per heavy atom. The van der Waals surface area contributed by atoms with Crippen LogP contribution in [0.4, 0.5) is 8.78 Å². The molecule has 0 bridgehead atoms. The second-order valence-corrected chi connectivity index (χ2v) is 4.56. The van der Waals surface area contributed by atoms with E-state index in [9.17, 15) is 13.6 Å². The van der Waals surface area contributed by atoms with Crippen molar-refractivity contribution in [3.8, 4) is 0 Å². The Balaban J connectivity index is 3.62. The zero-order valence-electron chi connectivity index (χ0n) is 9.19. The largest absolute Gasteiger partial charge is 0.465 e. The molecule has 0 N–H and O–H groups in total. The third kappa shape index (κ3) is 6.80. The van der Waals surface area contributed by atoms with Crippen LogP contribution in [0.3, 0.4) is 0 Å². The van der Waals surface area contributed by atoms with Crippen molar-refractivity contribution in [1.29, 1.82) is 0 Å². The first kappa shape index (κ1) is 13.3. The fourth-order valence-electron chi connectivity index (χ4n) is 0.764. The Bertz CT molecular complexity index is 189. The van der Waals surface area contributed by atoms with Gasteiger partial charge in [0, 0.05) is 6.42 Å². The molecule has 0 aliphatic carbocycles. The van der Waals surface area contributed by atoms with Gasteiger partial charge in [0.15, 0.2) is 0 Å². The summed E-state index contributed by atoms with van der Waals surface area (Å²) in [5.41, 5.74) is -0.561. The van der Waals surface area contributed by atoms with Crippen molar-refractivity contribution in [2.45, 2.75) is 46.5 Å². The Hall–Kier alpha value is -0.670. The van der Waals surface area contributed by atoms with E-state index in [2.05, 4.69) is 0 Å². The van der Waals surface area contributed by atoms with E-state index >= 15 is 0 Å². The van der Waals surface area contributed by atoms with Gasteiger partial charge >= 0.3 is 5.97 Å². The lowest BCUT2D eigenvalue weighted by Gasteiger charge is -2.17. The van der Waals surface area contributed by atoms with Gasteiger partial charge in [0.2, 0.25) is 5.92 Å². The topological polar surface area (TPSA) is 26.3 Å². The first-order chi connectivity index (χ1) is 6.13. The minimum Gasteiger partial charge on any atom is -0.465 e. The zero-order valence-corrected chi connectivity index (χ0v) is 9.19. The quantitative estimate of drug-likeness (QED) is 0.524. The molecule has 0 fully saturated rings. The fourth-order valence-corrected chi connectivity index (χ4v) is 0.764. The minimum absolute atomic E-state index is 0.0690. The van der Waals surface area contributed by atoms with Crippen LogP contribution in [0, 0.1) is 5.41 Å². The van der Waals surface area contributed by atoms with Crippen LogP contribution in [0.2, 0.25) is 0 Å². The second kappa shape index (κ2) is 4.71. The van der Waals surface area contributed by atoms with Crippen LogP contribution in [0.15, 0.2) is 0 Å². The van der Waals surface area contributed by atoms with Gasteiger partial charge in [-0.25, -0.2) is 8.78 Å². The summed E-state index contributed by atoms with van der Waals surface area (Å²) in [4.78, 5) is 11.2. The standard InChI is InChI=1S/C10H18F2O2/c1-9(2,3)8(13)14-7-5-6-10(4,11)12/h5-7H2,1-4H3. The summed E-state index contributed by atoms with van der Waals surface area (Å²) in [6.45, 7) is 6.11. The molecule has 84 valence electrons. The van der Waals surface area contributed by atoms with Crippen LogP contribution in [-0.2, 0) is 9.53 Å². The number of carbonyl (C=O) groups is 1. The van der Waals surface area contributed by atoms with E-state index in [-0.39, 0.29) is 25.4 Å². The smallest absolute Gasteiger partial charge is 0.311 e. The number of hydrogen-bond donors (Lipinski definition) is 0. The highest BCUT2D eigenvalue weighted by atomic mass is 19.3. The van der Waals surface area contributed by atoms with Crippen molar-refractivity contribution in [3.05, 3.63) is 0 Å². The molecule has 0 unspecified atom stereocenters. The summed E-state index contributed by atoms with van der Waals surface area (Å²) < 4.78 is 29.5. The minimum atomic E-state index is -2.67. The molecule has 14 heavy (non-hydrogen) atoms. The van der Waals surface area contributed by atoms with Gasteiger partial charge in [0.05, 0.1) is 12.0 Å². The van der Waals surface area contributed by atoms with Crippen molar-refractivity contribution >= 4 is 5.97 Å². The predicted octanol–water partition coefficient (Wildman–Crippen LogP) is 3.01. The first-order valence-corrected chi connectivity index (χ1v) is 4.68. The van der Waals surface area contributed by atoms with E-state index in [0.29, 0.717) is 0 Å². The van der Waals surface area contributed by atoms with Crippen LogP contribution in [0.25, 0.3) is 0 Å². The molecule has 4 heteroatoms. The summed E-state index contributed by atoms with van der Waals surface area (Å²) in [7, 11) is 0. The predicted molar refractivity (Wildman–Crippen MR) is 50.3 cm³/mol. The van der Waals surface area contributed by atoms with Gasteiger partial charge in [-0.2, -0.15) is 0 Å². The Kier molecular flexibility index (Phi) is 4.49. The Morgan fingerprint density at radius 2 is 1.71 bits per heavy atom. The molecule has 0 saturated heterocycles. The number of hydrogen-bond acceptors (Lipinski definition) is 2. The summed E-state index contributed by atoms with van der Waals surface area (Å²) in [6.07, 6.45) is -0.0459.